The van der Waals surface area contributed by atoms with Gasteiger partial charge in [0.25, 0.3) is 5.91 Å². The van der Waals surface area contributed by atoms with Gasteiger partial charge >= 0.3 is 0 Å². The number of nitrogens with zero attached hydrogens (tertiary/aromatic N) is 1. The van der Waals surface area contributed by atoms with Crippen LogP contribution >= 0.6 is 12.4 Å². The molecule has 5 heteroatoms. The van der Waals surface area contributed by atoms with E-state index in [2.05, 4.69) is 39.1 Å². The molecule has 2 rings (SSSR count). The van der Waals surface area contributed by atoms with E-state index >= 15 is 0 Å². The minimum Gasteiger partial charge on any atom is -0.483 e. The third-order valence-corrected chi connectivity index (χ3v) is 3.87. The summed E-state index contributed by atoms with van der Waals surface area (Å²) in [5.74, 6) is 0.869. The standard InChI is InChI=1S/C17H26N2O2.ClH/c1-13-11-18-9-10-19(13)16(20)12-21-15-8-6-5-7-14(15)17(2,3)4;/h5-8,13,18H,9-12H2,1-4H3;1H/t13-;/m0./s1. The second-order valence-electron chi connectivity index (χ2n) is 6.68. The Morgan fingerprint density at radius 2 is 2.05 bits per heavy atom. The van der Waals surface area contributed by atoms with Crippen LogP contribution in [0.2, 0.25) is 0 Å². The van der Waals surface area contributed by atoms with Crippen LogP contribution in [0.25, 0.3) is 0 Å². The Morgan fingerprint density at radius 3 is 2.68 bits per heavy atom. The molecule has 1 N–H and O–H groups in total. The van der Waals surface area contributed by atoms with Gasteiger partial charge in [-0.2, -0.15) is 0 Å². The van der Waals surface area contributed by atoms with Crippen molar-refractivity contribution in [1.29, 1.82) is 0 Å². The molecule has 124 valence electrons. The van der Waals surface area contributed by atoms with Gasteiger partial charge in [0.15, 0.2) is 6.61 Å². The third-order valence-electron chi connectivity index (χ3n) is 3.87. The lowest BCUT2D eigenvalue weighted by molar-refractivity contribution is -0.136. The lowest BCUT2D eigenvalue weighted by atomic mass is 9.86. The maximum absolute atomic E-state index is 12.3. The Balaban J connectivity index is 0.00000242. The predicted octanol–water partition coefficient (Wildman–Crippen LogP) is 2.61. The summed E-state index contributed by atoms with van der Waals surface area (Å²) in [7, 11) is 0. The summed E-state index contributed by atoms with van der Waals surface area (Å²) in [6, 6.07) is 8.19. The molecule has 1 heterocycles. The van der Waals surface area contributed by atoms with Crippen LogP contribution in [0.5, 0.6) is 5.75 Å². The smallest absolute Gasteiger partial charge is 0.260 e. The summed E-state index contributed by atoms with van der Waals surface area (Å²) in [6.45, 7) is 11.1. The van der Waals surface area contributed by atoms with Gasteiger partial charge in [-0.15, -0.1) is 12.4 Å². The van der Waals surface area contributed by atoms with E-state index in [-0.39, 0.29) is 36.4 Å². The maximum Gasteiger partial charge on any atom is 0.260 e. The molecule has 1 fully saturated rings. The summed E-state index contributed by atoms with van der Waals surface area (Å²) in [6.07, 6.45) is 0. The fourth-order valence-corrected chi connectivity index (χ4v) is 2.65. The van der Waals surface area contributed by atoms with Crippen molar-refractivity contribution in [1.82, 2.24) is 10.2 Å². The molecule has 0 aliphatic carbocycles. The van der Waals surface area contributed by atoms with Gasteiger partial charge in [-0.3, -0.25) is 4.79 Å². The summed E-state index contributed by atoms with van der Waals surface area (Å²) in [5.41, 5.74) is 1.13. The van der Waals surface area contributed by atoms with Crippen LogP contribution in [-0.2, 0) is 10.2 Å². The molecule has 1 saturated heterocycles. The fourth-order valence-electron chi connectivity index (χ4n) is 2.65. The molecule has 1 atom stereocenters. The summed E-state index contributed by atoms with van der Waals surface area (Å²) < 4.78 is 5.82. The Bertz CT molecular complexity index is 500. The number of hydrogen-bond donors (Lipinski definition) is 1. The second-order valence-corrected chi connectivity index (χ2v) is 6.68. The van der Waals surface area contributed by atoms with E-state index in [1.54, 1.807) is 0 Å². The van der Waals surface area contributed by atoms with E-state index in [0.29, 0.717) is 0 Å². The number of hydrogen-bond acceptors (Lipinski definition) is 3. The number of piperazine rings is 1. The van der Waals surface area contributed by atoms with Gasteiger partial charge in [-0.25, -0.2) is 0 Å². The zero-order valence-corrected chi connectivity index (χ0v) is 14.7. The first-order valence-electron chi connectivity index (χ1n) is 7.62. The SMILES string of the molecule is C[C@H]1CNCCN1C(=O)COc1ccccc1C(C)(C)C.Cl. The van der Waals surface area contributed by atoms with Crippen molar-refractivity contribution in [2.24, 2.45) is 0 Å². The highest BCUT2D eigenvalue weighted by atomic mass is 35.5. The second kappa shape index (κ2) is 7.84. The number of carbonyl (C=O) groups is 1. The number of benzene rings is 1. The fraction of sp³-hybridized carbons (Fsp3) is 0.588. The van der Waals surface area contributed by atoms with E-state index in [1.807, 2.05) is 23.1 Å². The molecule has 1 aromatic rings. The van der Waals surface area contributed by atoms with E-state index in [4.69, 9.17) is 4.74 Å². The highest BCUT2D eigenvalue weighted by Gasteiger charge is 2.24. The normalized spacial score (nSPS) is 18.5. The Kier molecular flexibility index (Phi) is 6.69. The maximum atomic E-state index is 12.3. The molecule has 0 radical (unpaired) electrons. The average Bonchev–Trinajstić information content (AvgIpc) is 2.44. The van der Waals surface area contributed by atoms with Crippen molar-refractivity contribution in [2.75, 3.05) is 26.2 Å². The van der Waals surface area contributed by atoms with Crippen molar-refractivity contribution in [2.45, 2.75) is 39.2 Å². The molecule has 1 aliphatic rings. The van der Waals surface area contributed by atoms with Crippen LogP contribution in [0.4, 0.5) is 0 Å². The number of amides is 1. The third kappa shape index (κ3) is 4.62. The lowest BCUT2D eigenvalue weighted by Crippen LogP contribution is -2.53. The minimum absolute atomic E-state index is 0. The molecule has 0 unspecified atom stereocenters. The van der Waals surface area contributed by atoms with Gasteiger partial charge in [-0.05, 0) is 24.0 Å². The zero-order valence-electron chi connectivity index (χ0n) is 13.9. The molecular weight excluding hydrogens is 300 g/mol. The highest BCUT2D eigenvalue weighted by Crippen LogP contribution is 2.30. The molecule has 0 saturated carbocycles. The number of carbonyl (C=O) groups excluding carboxylic acids is 1. The van der Waals surface area contributed by atoms with Crippen LogP contribution in [-0.4, -0.2) is 43.1 Å². The Hall–Kier alpha value is -1.26. The molecule has 1 aromatic carbocycles. The topological polar surface area (TPSA) is 41.6 Å². The van der Waals surface area contributed by atoms with Crippen LogP contribution in [0.3, 0.4) is 0 Å². The molecule has 1 amide bonds. The van der Waals surface area contributed by atoms with Crippen molar-refractivity contribution in [3.05, 3.63) is 29.8 Å². The average molecular weight is 327 g/mol. The lowest BCUT2D eigenvalue weighted by Gasteiger charge is -2.34. The minimum atomic E-state index is 0. The Labute approximate surface area is 139 Å². The monoisotopic (exact) mass is 326 g/mol. The first kappa shape index (κ1) is 18.8. The van der Waals surface area contributed by atoms with Gasteiger partial charge in [0.2, 0.25) is 0 Å². The molecule has 0 bridgehead atoms. The van der Waals surface area contributed by atoms with Gasteiger partial charge in [0, 0.05) is 25.7 Å². The zero-order chi connectivity index (χ0) is 15.5. The van der Waals surface area contributed by atoms with E-state index in [1.165, 1.54) is 0 Å². The van der Waals surface area contributed by atoms with Gasteiger partial charge < -0.3 is 15.0 Å². The number of ether oxygens (including phenoxy) is 1. The van der Waals surface area contributed by atoms with E-state index < -0.39 is 0 Å². The molecule has 0 aromatic heterocycles. The first-order chi connectivity index (χ1) is 9.89. The molecule has 4 nitrogen and oxygen atoms in total. The predicted molar refractivity (Wildman–Crippen MR) is 91.9 cm³/mol. The van der Waals surface area contributed by atoms with Crippen LogP contribution in [0.1, 0.15) is 33.3 Å². The van der Waals surface area contributed by atoms with E-state index in [9.17, 15) is 4.79 Å². The summed E-state index contributed by atoms with van der Waals surface area (Å²) in [4.78, 5) is 14.2. The number of halogens is 1. The quantitative estimate of drug-likeness (QED) is 0.928. The van der Waals surface area contributed by atoms with Gasteiger partial charge in [-0.1, -0.05) is 39.0 Å². The molecule has 22 heavy (non-hydrogen) atoms. The highest BCUT2D eigenvalue weighted by molar-refractivity contribution is 5.85. The Morgan fingerprint density at radius 1 is 1.36 bits per heavy atom. The number of rotatable bonds is 3. The molecule has 0 spiro atoms. The van der Waals surface area contributed by atoms with E-state index in [0.717, 1.165) is 30.9 Å². The summed E-state index contributed by atoms with van der Waals surface area (Å²) >= 11 is 0. The number of nitrogens with one attached hydrogen (secondary N) is 1. The van der Waals surface area contributed by atoms with Crippen LogP contribution in [0, 0.1) is 0 Å². The van der Waals surface area contributed by atoms with Crippen molar-refractivity contribution in [3.63, 3.8) is 0 Å². The van der Waals surface area contributed by atoms with Crippen molar-refractivity contribution in [3.8, 4) is 5.75 Å². The number of para-hydroxylation sites is 1. The van der Waals surface area contributed by atoms with Gasteiger partial charge in [0.1, 0.15) is 5.75 Å². The molecular formula is C17H27ClN2O2. The molecule has 1 aliphatic heterocycles. The first-order valence-corrected chi connectivity index (χ1v) is 7.62. The largest absolute Gasteiger partial charge is 0.483 e. The van der Waals surface area contributed by atoms with Crippen LogP contribution in [0.15, 0.2) is 24.3 Å². The van der Waals surface area contributed by atoms with Crippen LogP contribution < -0.4 is 10.1 Å². The van der Waals surface area contributed by atoms with Crippen molar-refractivity contribution >= 4 is 18.3 Å². The van der Waals surface area contributed by atoms with Crippen molar-refractivity contribution < 1.29 is 9.53 Å². The van der Waals surface area contributed by atoms with Gasteiger partial charge in [0.05, 0.1) is 0 Å². The summed E-state index contributed by atoms with van der Waals surface area (Å²) in [5, 5.41) is 3.29.